The summed E-state index contributed by atoms with van der Waals surface area (Å²) in [4.78, 5) is 0. The lowest BCUT2D eigenvalue weighted by Gasteiger charge is -2.11. The van der Waals surface area contributed by atoms with Crippen LogP contribution in [0.25, 0.3) is 6.08 Å². The summed E-state index contributed by atoms with van der Waals surface area (Å²) in [5, 5.41) is 3.24. The fraction of sp³-hybridized carbons (Fsp3) is 0.222. The first-order chi connectivity index (χ1) is 9.69. The number of para-hydroxylation sites is 1. The van der Waals surface area contributed by atoms with Gasteiger partial charge in [0.25, 0.3) is 0 Å². The number of rotatable bonds is 5. The highest BCUT2D eigenvalue weighted by molar-refractivity contribution is 5.55. The summed E-state index contributed by atoms with van der Waals surface area (Å²) in [5.74, 6) is 1.71. The van der Waals surface area contributed by atoms with Crippen molar-refractivity contribution in [1.82, 2.24) is 5.32 Å². The van der Waals surface area contributed by atoms with Crippen LogP contribution in [0, 0.1) is 0 Å². The number of benzene rings is 2. The zero-order chi connectivity index (χ0) is 14.4. The summed E-state index contributed by atoms with van der Waals surface area (Å²) in [6.45, 7) is 4.28. The summed E-state index contributed by atoms with van der Waals surface area (Å²) in [5.41, 5.74) is 2.45. The maximum absolute atomic E-state index is 5.84. The molecule has 0 aliphatic carbocycles. The Kier molecular flexibility index (Phi) is 4.97. The van der Waals surface area contributed by atoms with Crippen LogP contribution in [-0.2, 0) is 0 Å². The molecule has 0 saturated heterocycles. The average Bonchev–Trinajstić information content (AvgIpc) is 2.47. The molecule has 0 aromatic heterocycles. The smallest absolute Gasteiger partial charge is 0.128 e. The van der Waals surface area contributed by atoms with Crippen molar-refractivity contribution in [3.8, 4) is 11.5 Å². The topological polar surface area (TPSA) is 21.3 Å². The molecule has 20 heavy (non-hydrogen) atoms. The molecular weight excluding hydrogens is 246 g/mol. The Hall–Kier alpha value is -2.06. The van der Waals surface area contributed by atoms with E-state index in [0.29, 0.717) is 6.04 Å². The fourth-order valence-corrected chi connectivity index (χ4v) is 1.91. The van der Waals surface area contributed by atoms with E-state index < -0.39 is 0 Å². The van der Waals surface area contributed by atoms with E-state index in [1.165, 1.54) is 5.57 Å². The van der Waals surface area contributed by atoms with E-state index in [-0.39, 0.29) is 0 Å². The summed E-state index contributed by atoms with van der Waals surface area (Å²) >= 11 is 0. The monoisotopic (exact) mass is 267 g/mol. The molecule has 2 nitrogen and oxygen atoms in total. The van der Waals surface area contributed by atoms with Crippen LogP contribution in [0.4, 0.5) is 0 Å². The zero-order valence-corrected chi connectivity index (χ0v) is 12.3. The fourth-order valence-electron chi connectivity index (χ4n) is 1.91. The maximum Gasteiger partial charge on any atom is 0.128 e. The van der Waals surface area contributed by atoms with Gasteiger partial charge in [-0.15, -0.1) is 0 Å². The van der Waals surface area contributed by atoms with E-state index in [1.807, 2.05) is 49.5 Å². The van der Waals surface area contributed by atoms with Crippen LogP contribution in [0.1, 0.15) is 19.4 Å². The lowest BCUT2D eigenvalue weighted by molar-refractivity contribution is 0.482. The van der Waals surface area contributed by atoms with Crippen LogP contribution < -0.4 is 10.1 Å². The number of ether oxygens (including phenoxy) is 1. The molecule has 0 fully saturated rings. The van der Waals surface area contributed by atoms with Gasteiger partial charge in [0.15, 0.2) is 0 Å². The molecule has 2 heteroatoms. The molecule has 0 spiro atoms. The summed E-state index contributed by atoms with van der Waals surface area (Å²) in [6.07, 6.45) is 2.18. The molecule has 2 aromatic carbocycles. The van der Waals surface area contributed by atoms with E-state index in [2.05, 4.69) is 37.4 Å². The highest BCUT2D eigenvalue weighted by atomic mass is 16.5. The molecule has 0 amide bonds. The van der Waals surface area contributed by atoms with Crippen LogP contribution in [0.15, 0.2) is 60.2 Å². The first-order valence-electron chi connectivity index (χ1n) is 6.87. The van der Waals surface area contributed by atoms with Crippen molar-refractivity contribution in [1.29, 1.82) is 0 Å². The third-order valence-electron chi connectivity index (χ3n) is 3.35. The van der Waals surface area contributed by atoms with Crippen molar-refractivity contribution in [2.75, 3.05) is 7.05 Å². The largest absolute Gasteiger partial charge is 0.457 e. The molecule has 0 bridgehead atoms. The van der Waals surface area contributed by atoms with Crippen LogP contribution in [-0.4, -0.2) is 13.1 Å². The molecule has 2 aromatic rings. The third-order valence-corrected chi connectivity index (χ3v) is 3.35. The minimum atomic E-state index is 0.369. The predicted octanol–water partition coefficient (Wildman–Crippen LogP) is 4.49. The highest BCUT2D eigenvalue weighted by Gasteiger charge is 2.02. The van der Waals surface area contributed by atoms with Gasteiger partial charge < -0.3 is 10.1 Å². The average molecular weight is 267 g/mol. The molecule has 0 saturated carbocycles. The standard InChI is InChI=1S/C18H21NO/c1-14(15(2)19-3)12-16-8-7-11-18(13-16)20-17-9-5-4-6-10-17/h4-13,15,19H,1-3H3/b14-12+. The summed E-state index contributed by atoms with van der Waals surface area (Å²) in [6, 6.07) is 18.3. The van der Waals surface area contributed by atoms with Crippen molar-refractivity contribution in [3.63, 3.8) is 0 Å². The molecule has 2 rings (SSSR count). The second kappa shape index (κ2) is 6.92. The molecule has 0 aliphatic heterocycles. The lowest BCUT2D eigenvalue weighted by Crippen LogP contribution is -2.21. The van der Waals surface area contributed by atoms with Crippen molar-refractivity contribution in [2.45, 2.75) is 19.9 Å². The Morgan fingerprint density at radius 1 is 1.05 bits per heavy atom. The molecule has 0 radical (unpaired) electrons. The number of hydrogen-bond acceptors (Lipinski definition) is 2. The molecule has 1 N–H and O–H groups in total. The lowest BCUT2D eigenvalue weighted by atomic mass is 10.1. The van der Waals surface area contributed by atoms with E-state index in [1.54, 1.807) is 0 Å². The Morgan fingerprint density at radius 2 is 1.75 bits per heavy atom. The van der Waals surface area contributed by atoms with Crippen molar-refractivity contribution in [3.05, 3.63) is 65.7 Å². The number of hydrogen-bond donors (Lipinski definition) is 1. The quantitative estimate of drug-likeness (QED) is 0.861. The van der Waals surface area contributed by atoms with E-state index in [9.17, 15) is 0 Å². The van der Waals surface area contributed by atoms with Crippen molar-refractivity contribution < 1.29 is 4.74 Å². The summed E-state index contributed by atoms with van der Waals surface area (Å²) < 4.78 is 5.84. The molecule has 1 unspecified atom stereocenters. The number of likely N-dealkylation sites (N-methyl/N-ethyl adjacent to an activating group) is 1. The van der Waals surface area contributed by atoms with Gasteiger partial charge in [-0.05, 0) is 50.7 Å². The van der Waals surface area contributed by atoms with E-state index >= 15 is 0 Å². The second-order valence-electron chi connectivity index (χ2n) is 4.89. The predicted molar refractivity (Wildman–Crippen MR) is 85.1 cm³/mol. The van der Waals surface area contributed by atoms with Gasteiger partial charge in [0.05, 0.1) is 0 Å². The Bertz CT molecular complexity index is 575. The molecule has 0 heterocycles. The Morgan fingerprint density at radius 3 is 2.45 bits per heavy atom. The van der Waals surface area contributed by atoms with E-state index in [0.717, 1.165) is 17.1 Å². The van der Waals surface area contributed by atoms with Gasteiger partial charge in [-0.3, -0.25) is 0 Å². The number of nitrogens with one attached hydrogen (secondary N) is 1. The molecule has 1 atom stereocenters. The van der Waals surface area contributed by atoms with Crippen molar-refractivity contribution >= 4 is 6.08 Å². The maximum atomic E-state index is 5.84. The first-order valence-corrected chi connectivity index (χ1v) is 6.87. The van der Waals surface area contributed by atoms with Gasteiger partial charge in [0.2, 0.25) is 0 Å². The van der Waals surface area contributed by atoms with Gasteiger partial charge in [0, 0.05) is 6.04 Å². The molecule has 0 aliphatic rings. The Labute approximate surface area is 121 Å². The normalized spacial score (nSPS) is 13.1. The Balaban J connectivity index is 2.16. The van der Waals surface area contributed by atoms with Gasteiger partial charge in [-0.1, -0.05) is 42.0 Å². The van der Waals surface area contributed by atoms with Crippen LogP contribution in [0.2, 0.25) is 0 Å². The minimum absolute atomic E-state index is 0.369. The van der Waals surface area contributed by atoms with Crippen LogP contribution in [0.5, 0.6) is 11.5 Å². The second-order valence-corrected chi connectivity index (χ2v) is 4.89. The zero-order valence-electron chi connectivity index (χ0n) is 12.3. The van der Waals surface area contributed by atoms with E-state index in [4.69, 9.17) is 4.74 Å². The van der Waals surface area contributed by atoms with Gasteiger partial charge in [-0.25, -0.2) is 0 Å². The van der Waals surface area contributed by atoms with Gasteiger partial charge in [-0.2, -0.15) is 0 Å². The SMILES string of the molecule is CNC(C)/C(C)=C/c1cccc(Oc2ccccc2)c1. The first kappa shape index (κ1) is 14.4. The molecule has 104 valence electrons. The summed E-state index contributed by atoms with van der Waals surface area (Å²) in [7, 11) is 1.97. The van der Waals surface area contributed by atoms with Crippen molar-refractivity contribution in [2.24, 2.45) is 0 Å². The van der Waals surface area contributed by atoms with Crippen LogP contribution in [0.3, 0.4) is 0 Å². The van der Waals surface area contributed by atoms with Gasteiger partial charge >= 0.3 is 0 Å². The molecular formula is C18H21NO. The third kappa shape index (κ3) is 3.97. The highest BCUT2D eigenvalue weighted by Crippen LogP contribution is 2.23. The van der Waals surface area contributed by atoms with Crippen LogP contribution >= 0.6 is 0 Å². The van der Waals surface area contributed by atoms with Gasteiger partial charge in [0.1, 0.15) is 11.5 Å². The minimum Gasteiger partial charge on any atom is -0.457 e.